The van der Waals surface area contributed by atoms with Crippen LogP contribution in [0.3, 0.4) is 0 Å². The summed E-state index contributed by atoms with van der Waals surface area (Å²) in [5.41, 5.74) is 2.29. The van der Waals surface area contributed by atoms with Gasteiger partial charge in [0.05, 0.1) is 18.6 Å². The zero-order chi connectivity index (χ0) is 18.8. The van der Waals surface area contributed by atoms with Crippen molar-refractivity contribution in [1.29, 1.82) is 0 Å². The first kappa shape index (κ1) is 18.4. The quantitative estimate of drug-likeness (QED) is 0.774. The molecule has 2 aromatic rings. The van der Waals surface area contributed by atoms with Gasteiger partial charge >= 0.3 is 0 Å². The Morgan fingerprint density at radius 3 is 2.58 bits per heavy atom. The third-order valence-corrected chi connectivity index (χ3v) is 5.04. The van der Waals surface area contributed by atoms with Gasteiger partial charge in [0.1, 0.15) is 0 Å². The third-order valence-electron chi connectivity index (χ3n) is 3.91. The molecule has 0 radical (unpaired) electrons. The van der Waals surface area contributed by atoms with E-state index in [0.717, 1.165) is 22.9 Å². The van der Waals surface area contributed by atoms with Crippen LogP contribution in [0.25, 0.3) is 6.08 Å². The second kappa shape index (κ2) is 7.43. The van der Waals surface area contributed by atoms with Crippen molar-refractivity contribution in [2.75, 3.05) is 7.11 Å². The van der Waals surface area contributed by atoms with E-state index in [0.29, 0.717) is 10.6 Å². The van der Waals surface area contributed by atoms with Crippen LogP contribution in [-0.2, 0) is 11.3 Å². The molecule has 5 nitrogen and oxygen atoms in total. The van der Waals surface area contributed by atoms with Crippen molar-refractivity contribution in [3.05, 3.63) is 63.0 Å². The molecule has 0 spiro atoms. The predicted octanol–water partition coefficient (Wildman–Crippen LogP) is 4.60. The number of hydrogen-bond acceptors (Lipinski definition) is 5. The molecule has 1 aliphatic rings. The van der Waals surface area contributed by atoms with Crippen molar-refractivity contribution in [2.24, 2.45) is 0 Å². The van der Waals surface area contributed by atoms with Crippen LogP contribution in [0.2, 0.25) is 5.02 Å². The minimum absolute atomic E-state index is 0.137. The molecule has 26 heavy (non-hydrogen) atoms. The van der Waals surface area contributed by atoms with E-state index in [2.05, 4.69) is 0 Å². The van der Waals surface area contributed by atoms with E-state index >= 15 is 0 Å². The van der Waals surface area contributed by atoms with Gasteiger partial charge in [0.25, 0.3) is 11.1 Å². The molecule has 0 unspecified atom stereocenters. The number of ether oxygens (including phenoxy) is 1. The highest BCUT2D eigenvalue weighted by Crippen LogP contribution is 2.38. The number of imide groups is 1. The van der Waals surface area contributed by atoms with Crippen LogP contribution in [0.4, 0.5) is 4.79 Å². The average molecular weight is 390 g/mol. The number of nitrogens with zero attached hydrogens (tertiary/aromatic N) is 1. The van der Waals surface area contributed by atoms with E-state index in [1.807, 2.05) is 31.2 Å². The Kier molecular flexibility index (Phi) is 5.25. The molecule has 1 fully saturated rings. The SMILES string of the molecule is COc1cc(Cl)cc(/C=C2\SC(=O)N(Cc3ccc(C)cc3)C2=O)c1O. The monoisotopic (exact) mass is 389 g/mol. The number of amides is 2. The summed E-state index contributed by atoms with van der Waals surface area (Å²) >= 11 is 6.84. The van der Waals surface area contributed by atoms with Crippen LogP contribution < -0.4 is 4.74 Å². The predicted molar refractivity (Wildman–Crippen MR) is 102 cm³/mol. The lowest BCUT2D eigenvalue weighted by atomic mass is 10.1. The minimum atomic E-state index is -0.404. The Hall–Kier alpha value is -2.44. The van der Waals surface area contributed by atoms with Crippen molar-refractivity contribution in [3.8, 4) is 11.5 Å². The molecule has 1 heterocycles. The fraction of sp³-hybridized carbons (Fsp3) is 0.158. The van der Waals surface area contributed by atoms with Crippen LogP contribution in [0.5, 0.6) is 11.5 Å². The number of hydrogen-bond donors (Lipinski definition) is 1. The Bertz CT molecular complexity index is 909. The lowest BCUT2D eigenvalue weighted by molar-refractivity contribution is -0.123. The minimum Gasteiger partial charge on any atom is -0.504 e. The van der Waals surface area contributed by atoms with Crippen molar-refractivity contribution >= 4 is 40.6 Å². The molecule has 0 aromatic heterocycles. The first-order chi connectivity index (χ1) is 12.4. The van der Waals surface area contributed by atoms with Crippen LogP contribution in [-0.4, -0.2) is 28.3 Å². The van der Waals surface area contributed by atoms with E-state index < -0.39 is 5.91 Å². The Morgan fingerprint density at radius 2 is 1.92 bits per heavy atom. The largest absolute Gasteiger partial charge is 0.504 e. The van der Waals surface area contributed by atoms with Crippen molar-refractivity contribution in [3.63, 3.8) is 0 Å². The molecule has 1 aliphatic heterocycles. The normalized spacial score (nSPS) is 15.8. The van der Waals surface area contributed by atoms with E-state index in [1.54, 1.807) is 0 Å². The number of aryl methyl sites for hydroxylation is 1. The maximum absolute atomic E-state index is 12.6. The number of methoxy groups -OCH3 is 1. The van der Waals surface area contributed by atoms with Gasteiger partial charge in [0.2, 0.25) is 0 Å². The second-order valence-electron chi connectivity index (χ2n) is 5.80. The first-order valence-corrected chi connectivity index (χ1v) is 8.96. The lowest BCUT2D eigenvalue weighted by Gasteiger charge is -2.12. The highest BCUT2D eigenvalue weighted by molar-refractivity contribution is 8.18. The van der Waals surface area contributed by atoms with Gasteiger partial charge in [-0.2, -0.15) is 0 Å². The summed E-state index contributed by atoms with van der Waals surface area (Å²) in [6, 6.07) is 10.6. The van der Waals surface area contributed by atoms with Gasteiger partial charge in [0, 0.05) is 16.7 Å². The summed E-state index contributed by atoms with van der Waals surface area (Å²) in [6.45, 7) is 2.17. The number of thioether (sulfide) groups is 1. The number of phenolic OH excluding ortho intramolecular Hbond substituents is 1. The molecule has 1 N–H and O–H groups in total. The fourth-order valence-corrected chi connectivity index (χ4v) is 3.56. The molecule has 1 saturated heterocycles. The van der Waals surface area contributed by atoms with Gasteiger partial charge < -0.3 is 9.84 Å². The Labute approximate surface area is 160 Å². The zero-order valence-corrected chi connectivity index (χ0v) is 15.7. The van der Waals surface area contributed by atoms with Crippen molar-refractivity contribution in [1.82, 2.24) is 4.90 Å². The summed E-state index contributed by atoms with van der Waals surface area (Å²) in [5.74, 6) is -0.344. The maximum atomic E-state index is 12.6. The molecule has 0 aliphatic carbocycles. The van der Waals surface area contributed by atoms with Gasteiger partial charge in [-0.15, -0.1) is 0 Å². The summed E-state index contributed by atoms with van der Waals surface area (Å²) in [7, 11) is 1.41. The fourth-order valence-electron chi connectivity index (χ4n) is 2.51. The van der Waals surface area contributed by atoms with E-state index in [1.165, 1.54) is 30.2 Å². The highest BCUT2D eigenvalue weighted by atomic mass is 35.5. The number of phenols is 1. The van der Waals surface area contributed by atoms with Crippen LogP contribution >= 0.6 is 23.4 Å². The van der Waals surface area contributed by atoms with Gasteiger partial charge in [0.15, 0.2) is 11.5 Å². The molecule has 134 valence electrons. The molecule has 2 amide bonds. The standard InChI is InChI=1S/C19H16ClNO4S/c1-11-3-5-12(6-4-11)10-21-18(23)16(26-19(21)24)8-13-7-14(20)9-15(25-2)17(13)22/h3-9,22H,10H2,1-2H3/b16-8-. The molecular weight excluding hydrogens is 374 g/mol. The number of aromatic hydroxyl groups is 1. The summed E-state index contributed by atoms with van der Waals surface area (Å²) in [4.78, 5) is 26.3. The number of halogens is 1. The lowest BCUT2D eigenvalue weighted by Crippen LogP contribution is -2.27. The Balaban J connectivity index is 1.88. The van der Waals surface area contributed by atoms with Gasteiger partial charge in [-0.3, -0.25) is 14.5 Å². The third kappa shape index (κ3) is 3.71. The van der Waals surface area contributed by atoms with E-state index in [9.17, 15) is 14.7 Å². The Morgan fingerprint density at radius 1 is 1.23 bits per heavy atom. The van der Waals surface area contributed by atoms with Crippen LogP contribution in [0.1, 0.15) is 16.7 Å². The molecule has 0 bridgehead atoms. The zero-order valence-electron chi connectivity index (χ0n) is 14.2. The number of rotatable bonds is 4. The molecule has 0 atom stereocenters. The topological polar surface area (TPSA) is 66.8 Å². The summed E-state index contributed by atoms with van der Waals surface area (Å²) in [5, 5.41) is 10.2. The molecular formula is C19H16ClNO4S. The van der Waals surface area contributed by atoms with Crippen molar-refractivity contribution < 1.29 is 19.4 Å². The van der Waals surface area contributed by atoms with Crippen LogP contribution in [0, 0.1) is 6.92 Å². The molecule has 3 rings (SSSR count). The van der Waals surface area contributed by atoms with Gasteiger partial charge in [-0.25, -0.2) is 0 Å². The first-order valence-electron chi connectivity index (χ1n) is 7.76. The summed E-state index contributed by atoms with van der Waals surface area (Å²) in [6.07, 6.45) is 1.45. The number of carbonyl (C=O) groups is 2. The van der Waals surface area contributed by atoms with Crippen LogP contribution in [0.15, 0.2) is 41.3 Å². The molecule has 0 saturated carbocycles. The van der Waals surface area contributed by atoms with E-state index in [4.69, 9.17) is 16.3 Å². The smallest absolute Gasteiger partial charge is 0.293 e. The number of carbonyl (C=O) groups excluding carboxylic acids is 2. The van der Waals surface area contributed by atoms with E-state index in [-0.39, 0.29) is 28.2 Å². The second-order valence-corrected chi connectivity index (χ2v) is 7.23. The maximum Gasteiger partial charge on any atom is 0.293 e. The average Bonchev–Trinajstić information content (AvgIpc) is 2.87. The molecule has 2 aromatic carbocycles. The van der Waals surface area contributed by atoms with Gasteiger partial charge in [-0.1, -0.05) is 41.4 Å². The molecule has 7 heteroatoms. The van der Waals surface area contributed by atoms with Gasteiger partial charge in [-0.05, 0) is 36.4 Å². The summed E-state index contributed by atoms with van der Waals surface area (Å²) < 4.78 is 5.06. The number of benzene rings is 2. The highest BCUT2D eigenvalue weighted by Gasteiger charge is 2.35. The van der Waals surface area contributed by atoms with Crippen molar-refractivity contribution in [2.45, 2.75) is 13.5 Å².